The van der Waals surface area contributed by atoms with E-state index in [1.54, 1.807) is 0 Å². The fourth-order valence-corrected chi connectivity index (χ4v) is 4.33. The molecule has 2 heterocycles. The highest BCUT2D eigenvalue weighted by Crippen LogP contribution is 2.32. The second-order valence-electron chi connectivity index (χ2n) is 6.85. The summed E-state index contributed by atoms with van der Waals surface area (Å²) in [7, 11) is 1.96. The van der Waals surface area contributed by atoms with Gasteiger partial charge in [-0.05, 0) is 30.5 Å². The lowest BCUT2D eigenvalue weighted by Gasteiger charge is -2.22. The number of hydrogen-bond acceptors (Lipinski definition) is 4. The molecule has 0 aliphatic carbocycles. The van der Waals surface area contributed by atoms with Gasteiger partial charge in [0, 0.05) is 25.2 Å². The molecule has 0 N–H and O–H groups in total. The summed E-state index contributed by atoms with van der Waals surface area (Å²) in [4.78, 5) is 14.8. The van der Waals surface area contributed by atoms with Crippen LogP contribution >= 0.6 is 11.8 Å². The number of hydrogen-bond donors (Lipinski definition) is 0. The fraction of sp³-hybridized carbons (Fsp3) is 0.286. The van der Waals surface area contributed by atoms with Gasteiger partial charge in [-0.1, -0.05) is 60.3 Å². The molecule has 3 aromatic rings. The summed E-state index contributed by atoms with van der Waals surface area (Å²) in [6.07, 6.45) is 1.65. The van der Waals surface area contributed by atoms with Gasteiger partial charge in [0.2, 0.25) is 5.91 Å². The van der Waals surface area contributed by atoms with Crippen LogP contribution in [0.4, 0.5) is 5.69 Å². The summed E-state index contributed by atoms with van der Waals surface area (Å²) >= 11 is 1.45. The molecule has 1 atom stereocenters. The Hall–Kier alpha value is -2.60. The molecule has 6 heteroatoms. The minimum absolute atomic E-state index is 0.116. The van der Waals surface area contributed by atoms with Crippen LogP contribution in [0, 0.1) is 0 Å². The van der Waals surface area contributed by atoms with Crippen LogP contribution in [-0.4, -0.2) is 32.5 Å². The molecule has 0 unspecified atom stereocenters. The number of para-hydroxylation sites is 1. The minimum atomic E-state index is 0.116. The first kappa shape index (κ1) is 17.8. The van der Waals surface area contributed by atoms with E-state index in [2.05, 4.69) is 35.3 Å². The Bertz CT molecular complexity index is 954. The quantitative estimate of drug-likeness (QED) is 0.638. The minimum Gasteiger partial charge on any atom is -0.309 e. The highest BCUT2D eigenvalue weighted by molar-refractivity contribution is 7.99. The zero-order valence-corrected chi connectivity index (χ0v) is 16.3. The van der Waals surface area contributed by atoms with Crippen LogP contribution in [0.3, 0.4) is 0 Å². The molecule has 1 aromatic heterocycles. The van der Waals surface area contributed by atoms with E-state index in [1.807, 2.05) is 52.9 Å². The van der Waals surface area contributed by atoms with Crippen LogP contribution in [-0.2, 0) is 24.7 Å². The SMILES string of the molecule is C[C@H]1Cc2ccccc2N1C(=O)CSc1nnc(Cc2ccccc2)n1C. The van der Waals surface area contributed by atoms with Gasteiger partial charge in [-0.3, -0.25) is 4.79 Å². The van der Waals surface area contributed by atoms with Crippen molar-refractivity contribution >= 4 is 23.4 Å². The van der Waals surface area contributed by atoms with E-state index < -0.39 is 0 Å². The van der Waals surface area contributed by atoms with E-state index in [9.17, 15) is 4.79 Å². The van der Waals surface area contributed by atoms with Crippen molar-refractivity contribution in [3.63, 3.8) is 0 Å². The molecule has 1 amide bonds. The topological polar surface area (TPSA) is 51.0 Å². The summed E-state index contributed by atoms with van der Waals surface area (Å²) in [5.41, 5.74) is 3.48. The maximum Gasteiger partial charge on any atom is 0.237 e. The number of nitrogens with zero attached hydrogens (tertiary/aromatic N) is 4. The van der Waals surface area contributed by atoms with E-state index in [0.717, 1.165) is 29.5 Å². The molecule has 1 aliphatic heterocycles. The van der Waals surface area contributed by atoms with Crippen LogP contribution in [0.15, 0.2) is 59.8 Å². The van der Waals surface area contributed by atoms with Gasteiger partial charge in [-0.15, -0.1) is 10.2 Å². The first-order valence-corrected chi connectivity index (χ1v) is 10.1. The predicted octanol–water partition coefficient (Wildman–Crippen LogP) is 3.48. The average Bonchev–Trinajstić information content (AvgIpc) is 3.20. The van der Waals surface area contributed by atoms with Gasteiger partial charge in [-0.2, -0.15) is 0 Å². The van der Waals surface area contributed by atoms with Gasteiger partial charge in [0.05, 0.1) is 5.75 Å². The normalized spacial score (nSPS) is 15.8. The van der Waals surface area contributed by atoms with Crippen molar-refractivity contribution < 1.29 is 4.79 Å². The molecule has 2 aromatic carbocycles. The number of benzene rings is 2. The summed E-state index contributed by atoms with van der Waals surface area (Å²) in [6, 6.07) is 18.6. The van der Waals surface area contributed by atoms with Gasteiger partial charge >= 0.3 is 0 Å². The zero-order valence-electron chi connectivity index (χ0n) is 15.5. The largest absolute Gasteiger partial charge is 0.309 e. The fourth-order valence-electron chi connectivity index (χ4n) is 3.54. The monoisotopic (exact) mass is 378 g/mol. The van der Waals surface area contributed by atoms with Crippen LogP contribution in [0.1, 0.15) is 23.9 Å². The van der Waals surface area contributed by atoms with E-state index in [1.165, 1.54) is 22.9 Å². The summed E-state index contributed by atoms with van der Waals surface area (Å²) in [5, 5.41) is 9.36. The van der Waals surface area contributed by atoms with Crippen molar-refractivity contribution in [2.24, 2.45) is 7.05 Å². The number of carbonyl (C=O) groups excluding carboxylic acids is 1. The average molecular weight is 379 g/mol. The second kappa shape index (κ2) is 7.56. The predicted molar refractivity (Wildman–Crippen MR) is 108 cm³/mol. The Morgan fingerprint density at radius 3 is 2.67 bits per heavy atom. The lowest BCUT2D eigenvalue weighted by molar-refractivity contribution is -0.116. The number of fused-ring (bicyclic) bond motifs is 1. The van der Waals surface area contributed by atoms with Crippen molar-refractivity contribution in [1.29, 1.82) is 0 Å². The molecule has 138 valence electrons. The summed E-state index contributed by atoms with van der Waals surface area (Å²) in [5.74, 6) is 1.37. The first-order valence-electron chi connectivity index (χ1n) is 9.08. The highest BCUT2D eigenvalue weighted by Gasteiger charge is 2.30. The van der Waals surface area contributed by atoms with E-state index in [4.69, 9.17) is 0 Å². The van der Waals surface area contributed by atoms with Crippen LogP contribution in [0.25, 0.3) is 0 Å². The van der Waals surface area contributed by atoms with E-state index in [0.29, 0.717) is 5.75 Å². The molecule has 5 nitrogen and oxygen atoms in total. The maximum absolute atomic E-state index is 12.8. The van der Waals surface area contributed by atoms with Crippen LogP contribution in [0.5, 0.6) is 0 Å². The van der Waals surface area contributed by atoms with Gasteiger partial charge < -0.3 is 9.47 Å². The second-order valence-corrected chi connectivity index (χ2v) is 7.80. The molecule has 0 fully saturated rings. The number of aromatic nitrogens is 3. The number of carbonyl (C=O) groups is 1. The lowest BCUT2D eigenvalue weighted by atomic mass is 10.1. The molecular formula is C21H22N4OS. The Balaban J connectivity index is 1.43. The summed E-state index contributed by atoms with van der Waals surface area (Å²) < 4.78 is 1.98. The Morgan fingerprint density at radius 2 is 1.85 bits per heavy atom. The third kappa shape index (κ3) is 3.62. The Morgan fingerprint density at radius 1 is 1.11 bits per heavy atom. The zero-order chi connectivity index (χ0) is 18.8. The van der Waals surface area contributed by atoms with Crippen molar-refractivity contribution in [3.8, 4) is 0 Å². The molecule has 1 aliphatic rings. The van der Waals surface area contributed by atoms with Crippen molar-refractivity contribution in [3.05, 3.63) is 71.5 Å². The Kier molecular flexibility index (Phi) is 4.99. The van der Waals surface area contributed by atoms with Gasteiger partial charge in [0.1, 0.15) is 5.82 Å². The van der Waals surface area contributed by atoms with Crippen molar-refractivity contribution in [2.75, 3.05) is 10.7 Å². The molecular weight excluding hydrogens is 356 g/mol. The molecule has 0 bridgehead atoms. The smallest absolute Gasteiger partial charge is 0.237 e. The number of amides is 1. The van der Waals surface area contributed by atoms with E-state index >= 15 is 0 Å². The van der Waals surface area contributed by atoms with Crippen molar-refractivity contribution in [1.82, 2.24) is 14.8 Å². The van der Waals surface area contributed by atoms with Crippen LogP contribution in [0.2, 0.25) is 0 Å². The number of thioether (sulfide) groups is 1. The first-order chi connectivity index (χ1) is 13.1. The lowest BCUT2D eigenvalue weighted by Crippen LogP contribution is -2.37. The number of anilines is 1. The van der Waals surface area contributed by atoms with Gasteiger partial charge in [-0.25, -0.2) is 0 Å². The molecule has 0 spiro atoms. The summed E-state index contributed by atoms with van der Waals surface area (Å²) in [6.45, 7) is 2.10. The third-order valence-corrected chi connectivity index (χ3v) is 5.94. The third-order valence-electron chi connectivity index (χ3n) is 4.93. The van der Waals surface area contributed by atoms with Gasteiger partial charge in [0.25, 0.3) is 0 Å². The maximum atomic E-state index is 12.8. The Labute approximate surface area is 163 Å². The molecule has 0 radical (unpaired) electrons. The standard InChI is InChI=1S/C21H22N4OS/c1-15-12-17-10-6-7-11-18(17)25(15)20(26)14-27-21-23-22-19(24(21)2)13-16-8-4-3-5-9-16/h3-11,15H,12-14H2,1-2H3/t15-/m0/s1. The molecule has 0 saturated carbocycles. The number of rotatable bonds is 5. The van der Waals surface area contributed by atoms with Crippen LogP contribution < -0.4 is 4.90 Å². The molecule has 27 heavy (non-hydrogen) atoms. The van der Waals surface area contributed by atoms with Crippen molar-refractivity contribution in [2.45, 2.75) is 31.0 Å². The molecule has 4 rings (SSSR count). The van der Waals surface area contributed by atoms with Gasteiger partial charge in [0.15, 0.2) is 5.16 Å². The molecule has 0 saturated heterocycles. The van der Waals surface area contributed by atoms with E-state index in [-0.39, 0.29) is 11.9 Å². The highest BCUT2D eigenvalue weighted by atomic mass is 32.2.